The molecule has 3 aromatic carbocycles. The molecule has 1 unspecified atom stereocenters. The molecule has 1 aliphatic heterocycles. The summed E-state index contributed by atoms with van der Waals surface area (Å²) in [4.78, 5) is 27.2. The number of aryl methyl sites for hydroxylation is 1. The average Bonchev–Trinajstić information content (AvgIpc) is 2.90. The number of halogens is 2. The van der Waals surface area contributed by atoms with Crippen molar-refractivity contribution in [1.29, 1.82) is 0 Å². The highest BCUT2D eigenvalue weighted by molar-refractivity contribution is 6.31. The van der Waals surface area contributed by atoms with Gasteiger partial charge < -0.3 is 15.4 Å². The normalized spacial score (nSPS) is 22.0. The molecule has 0 aromatic heterocycles. The largest absolute Gasteiger partial charge is 0.490 e. The maximum atomic E-state index is 14.0. The molecule has 38 heavy (non-hydrogen) atoms. The van der Waals surface area contributed by atoms with Gasteiger partial charge in [-0.1, -0.05) is 65.5 Å². The maximum absolute atomic E-state index is 14.0. The number of hydrogen-bond acceptors (Lipinski definition) is 3. The lowest BCUT2D eigenvalue weighted by molar-refractivity contribution is -0.129. The van der Waals surface area contributed by atoms with E-state index in [2.05, 4.69) is 10.6 Å². The van der Waals surface area contributed by atoms with Crippen LogP contribution in [0.25, 0.3) is 0 Å². The number of piperidine rings is 1. The molecular weight excluding hydrogens is 519 g/mol. The molecular formula is C31H32Cl2N2O3. The lowest BCUT2D eigenvalue weighted by Crippen LogP contribution is -2.47. The molecule has 2 fully saturated rings. The zero-order chi connectivity index (χ0) is 26.6. The number of carbonyl (C=O) groups is 2. The third kappa shape index (κ3) is 6.16. The van der Waals surface area contributed by atoms with Gasteiger partial charge in [0.05, 0.1) is 18.1 Å². The third-order valence-corrected chi connectivity index (χ3v) is 8.00. The van der Waals surface area contributed by atoms with Gasteiger partial charge in [0.25, 0.3) is 0 Å². The maximum Gasteiger partial charge on any atom is 0.230 e. The van der Waals surface area contributed by atoms with Gasteiger partial charge in [0.2, 0.25) is 11.8 Å². The van der Waals surface area contributed by atoms with Crippen molar-refractivity contribution in [3.63, 3.8) is 0 Å². The van der Waals surface area contributed by atoms with E-state index in [1.54, 1.807) is 30.3 Å². The Morgan fingerprint density at radius 2 is 1.68 bits per heavy atom. The Kier molecular flexibility index (Phi) is 8.25. The Labute approximate surface area is 233 Å². The van der Waals surface area contributed by atoms with Gasteiger partial charge >= 0.3 is 0 Å². The molecule has 3 aromatic rings. The molecule has 198 valence electrons. The van der Waals surface area contributed by atoms with Crippen LogP contribution in [0.3, 0.4) is 0 Å². The minimum absolute atomic E-state index is 0.114. The Bertz CT molecular complexity index is 1320. The van der Waals surface area contributed by atoms with Gasteiger partial charge in [-0.15, -0.1) is 0 Å². The summed E-state index contributed by atoms with van der Waals surface area (Å²) in [7, 11) is 0. The fourth-order valence-electron chi connectivity index (χ4n) is 5.72. The predicted octanol–water partition coefficient (Wildman–Crippen LogP) is 7.61. The van der Waals surface area contributed by atoms with Crippen molar-refractivity contribution in [2.45, 2.75) is 63.5 Å². The van der Waals surface area contributed by atoms with Crippen molar-refractivity contribution >= 4 is 40.7 Å². The second-order valence-corrected chi connectivity index (χ2v) is 11.2. The average molecular weight is 552 g/mol. The molecule has 2 N–H and O–H groups in total. The number of nitrogens with one attached hydrogen (secondary N) is 2. The number of carbonyl (C=O) groups excluding carboxylic acids is 2. The molecule has 1 saturated heterocycles. The topological polar surface area (TPSA) is 67.4 Å². The predicted molar refractivity (Wildman–Crippen MR) is 152 cm³/mol. The van der Waals surface area contributed by atoms with Gasteiger partial charge in [-0.3, -0.25) is 9.59 Å². The van der Waals surface area contributed by atoms with Crippen LogP contribution in [0.1, 0.15) is 67.2 Å². The Balaban J connectivity index is 1.57. The van der Waals surface area contributed by atoms with Crippen LogP contribution in [0.4, 0.5) is 5.69 Å². The third-order valence-electron chi connectivity index (χ3n) is 7.53. The number of ether oxygens (including phenoxy) is 1. The Morgan fingerprint density at radius 3 is 2.42 bits per heavy atom. The first-order valence-electron chi connectivity index (χ1n) is 13.3. The highest BCUT2D eigenvalue weighted by atomic mass is 35.5. The zero-order valence-electron chi connectivity index (χ0n) is 21.4. The summed E-state index contributed by atoms with van der Waals surface area (Å²) < 4.78 is 6.53. The zero-order valence-corrected chi connectivity index (χ0v) is 22.9. The van der Waals surface area contributed by atoms with Crippen molar-refractivity contribution in [3.8, 4) is 5.75 Å². The first kappa shape index (κ1) is 26.6. The SMILES string of the molecule is Cc1ccc(OC2CCCCC2)c([C@H]2NC(=O)C[C@@H](c3cccc(Cl)c3)C2C(=O)Nc2cccc(Cl)c2)c1. The van der Waals surface area contributed by atoms with E-state index in [-0.39, 0.29) is 30.3 Å². The highest BCUT2D eigenvalue weighted by Gasteiger charge is 2.44. The van der Waals surface area contributed by atoms with Crippen LogP contribution in [0.15, 0.2) is 66.7 Å². The highest BCUT2D eigenvalue weighted by Crippen LogP contribution is 2.44. The molecule has 1 aliphatic carbocycles. The van der Waals surface area contributed by atoms with E-state index in [1.807, 2.05) is 43.3 Å². The van der Waals surface area contributed by atoms with Crippen LogP contribution in [-0.4, -0.2) is 17.9 Å². The van der Waals surface area contributed by atoms with E-state index in [9.17, 15) is 9.59 Å². The molecule has 0 spiro atoms. The van der Waals surface area contributed by atoms with Crippen molar-refractivity contribution in [3.05, 3.63) is 93.5 Å². The molecule has 7 heteroatoms. The fourth-order valence-corrected chi connectivity index (χ4v) is 6.11. The van der Waals surface area contributed by atoms with E-state index >= 15 is 0 Å². The van der Waals surface area contributed by atoms with Gasteiger partial charge in [0.1, 0.15) is 5.75 Å². The second kappa shape index (κ2) is 11.8. The van der Waals surface area contributed by atoms with Crippen molar-refractivity contribution in [1.82, 2.24) is 5.32 Å². The number of amides is 2. The summed E-state index contributed by atoms with van der Waals surface area (Å²) in [5, 5.41) is 7.29. The first-order valence-corrected chi connectivity index (χ1v) is 14.0. The van der Waals surface area contributed by atoms with E-state index in [0.29, 0.717) is 15.7 Å². The first-order chi connectivity index (χ1) is 18.4. The van der Waals surface area contributed by atoms with Crippen LogP contribution < -0.4 is 15.4 Å². The van der Waals surface area contributed by atoms with Crippen LogP contribution in [0, 0.1) is 12.8 Å². The van der Waals surface area contributed by atoms with Crippen LogP contribution in [-0.2, 0) is 9.59 Å². The fraction of sp³-hybridized carbons (Fsp3) is 0.355. The van der Waals surface area contributed by atoms with Gasteiger partial charge in [-0.2, -0.15) is 0 Å². The Morgan fingerprint density at radius 1 is 0.947 bits per heavy atom. The van der Waals surface area contributed by atoms with Crippen LogP contribution >= 0.6 is 23.2 Å². The number of anilines is 1. The van der Waals surface area contributed by atoms with Crippen molar-refractivity contribution in [2.75, 3.05) is 5.32 Å². The quantitative estimate of drug-likeness (QED) is 0.331. The smallest absolute Gasteiger partial charge is 0.230 e. The van der Waals surface area contributed by atoms with E-state index in [1.165, 1.54) is 6.42 Å². The van der Waals surface area contributed by atoms with Crippen LogP contribution in [0.5, 0.6) is 5.75 Å². The summed E-state index contributed by atoms with van der Waals surface area (Å²) in [6.07, 6.45) is 5.84. The van der Waals surface area contributed by atoms with Gasteiger partial charge in [0, 0.05) is 33.6 Å². The number of rotatable bonds is 6. The molecule has 5 rings (SSSR count). The summed E-state index contributed by atoms with van der Waals surface area (Å²) in [6, 6.07) is 19.9. The molecule has 2 amide bonds. The molecule has 0 radical (unpaired) electrons. The lowest BCUT2D eigenvalue weighted by Gasteiger charge is -2.39. The summed E-state index contributed by atoms with van der Waals surface area (Å²) in [5.41, 5.74) is 3.31. The van der Waals surface area contributed by atoms with Gasteiger partial charge in [-0.05, 0) is 74.6 Å². The van der Waals surface area contributed by atoms with Crippen molar-refractivity contribution < 1.29 is 14.3 Å². The molecule has 0 bridgehead atoms. The van der Waals surface area contributed by atoms with Crippen LogP contribution in [0.2, 0.25) is 10.0 Å². The molecule has 3 atom stereocenters. The standard InChI is InChI=1S/C31H32Cl2N2O3/c1-19-13-14-27(38-24-11-3-2-4-12-24)26(15-19)30-29(31(37)34-23-10-6-9-22(33)17-23)25(18-28(36)35-30)20-7-5-8-21(32)16-20/h5-10,13-17,24-25,29-30H,2-4,11-12,18H2,1H3,(H,34,37)(H,35,36)/t25-,29?,30+/m0/s1. The number of hydrogen-bond donors (Lipinski definition) is 2. The van der Waals surface area contributed by atoms with E-state index < -0.39 is 12.0 Å². The summed E-state index contributed by atoms with van der Waals surface area (Å²) >= 11 is 12.5. The monoisotopic (exact) mass is 550 g/mol. The van der Waals surface area contributed by atoms with E-state index in [0.717, 1.165) is 48.1 Å². The molecule has 2 aliphatic rings. The second-order valence-electron chi connectivity index (χ2n) is 10.4. The summed E-state index contributed by atoms with van der Waals surface area (Å²) in [6.45, 7) is 2.01. The minimum Gasteiger partial charge on any atom is -0.490 e. The van der Waals surface area contributed by atoms with Gasteiger partial charge in [-0.25, -0.2) is 0 Å². The molecule has 1 heterocycles. The van der Waals surface area contributed by atoms with Crippen molar-refractivity contribution in [2.24, 2.45) is 5.92 Å². The summed E-state index contributed by atoms with van der Waals surface area (Å²) in [5.74, 6) is -0.584. The molecule has 5 nitrogen and oxygen atoms in total. The van der Waals surface area contributed by atoms with E-state index in [4.69, 9.17) is 27.9 Å². The lowest BCUT2D eigenvalue weighted by atomic mass is 9.73. The molecule has 1 saturated carbocycles. The number of benzene rings is 3. The minimum atomic E-state index is -0.611. The Hall–Kier alpha value is -3.02. The van der Waals surface area contributed by atoms with Gasteiger partial charge in [0.15, 0.2) is 0 Å².